The number of aromatic nitrogens is 6. The van der Waals surface area contributed by atoms with Gasteiger partial charge in [-0.05, 0) is 52.4 Å². The van der Waals surface area contributed by atoms with Crippen LogP contribution in [-0.2, 0) is 23.0 Å². The number of carbonyl (C=O) groups is 1. The third-order valence-corrected chi connectivity index (χ3v) is 8.42. The minimum atomic E-state index is -4.25. The van der Waals surface area contributed by atoms with Crippen molar-refractivity contribution >= 4 is 26.8 Å². The summed E-state index contributed by atoms with van der Waals surface area (Å²) in [5.41, 5.74) is 3.61. The average molecular weight is 586 g/mol. The zero-order chi connectivity index (χ0) is 29.9. The molecule has 0 spiro atoms. The molecule has 2 heterocycles. The lowest BCUT2D eigenvalue weighted by atomic mass is 10.0. The van der Waals surface area contributed by atoms with E-state index in [2.05, 4.69) is 41.4 Å². The number of hydrogen-bond donors (Lipinski definition) is 2. The van der Waals surface area contributed by atoms with Crippen LogP contribution in [0.1, 0.15) is 67.1 Å². The molecule has 2 aromatic heterocycles. The number of benzene rings is 3. The van der Waals surface area contributed by atoms with Crippen LogP contribution in [0.2, 0.25) is 0 Å². The minimum Gasteiger partial charge on any atom is -0.292 e. The molecule has 1 amide bonds. The Bertz CT molecular complexity index is 1900. The van der Waals surface area contributed by atoms with E-state index in [1.54, 1.807) is 34.9 Å². The van der Waals surface area contributed by atoms with Crippen molar-refractivity contribution in [2.24, 2.45) is 0 Å². The molecule has 0 saturated heterocycles. The molecule has 0 aliphatic carbocycles. The molecule has 0 aliphatic heterocycles. The monoisotopic (exact) mass is 585 g/mol. The van der Waals surface area contributed by atoms with Gasteiger partial charge < -0.3 is 0 Å². The Morgan fingerprint density at radius 2 is 1.81 bits per heavy atom. The first kappa shape index (κ1) is 28.8. The van der Waals surface area contributed by atoms with Gasteiger partial charge in [-0.15, -0.1) is 10.2 Å². The molecular weight excluding hydrogens is 554 g/mol. The number of rotatable bonds is 10. The van der Waals surface area contributed by atoms with Crippen LogP contribution in [0, 0.1) is 0 Å². The van der Waals surface area contributed by atoms with Crippen LogP contribution in [0.3, 0.4) is 0 Å². The van der Waals surface area contributed by atoms with Crippen molar-refractivity contribution in [3.8, 4) is 11.1 Å². The normalized spacial score (nSPS) is 11.7. The number of hydrogen-bond acceptors (Lipinski definition) is 8. The molecule has 5 aromatic rings. The van der Waals surface area contributed by atoms with Crippen LogP contribution >= 0.6 is 0 Å². The Kier molecular flexibility index (Phi) is 8.25. The number of aromatic amines is 1. The van der Waals surface area contributed by atoms with Gasteiger partial charge in [-0.3, -0.25) is 14.2 Å². The number of sulfonamides is 1. The molecule has 11 nitrogen and oxygen atoms in total. The molecule has 0 saturated carbocycles. The number of fused-ring (bicyclic) bond motifs is 1. The number of aryl methyl sites for hydroxylation is 1. The summed E-state index contributed by atoms with van der Waals surface area (Å²) in [5, 5.41) is 13.0. The van der Waals surface area contributed by atoms with E-state index < -0.39 is 21.8 Å². The van der Waals surface area contributed by atoms with Crippen molar-refractivity contribution < 1.29 is 13.2 Å². The lowest BCUT2D eigenvalue weighted by Crippen LogP contribution is -2.31. The molecule has 0 radical (unpaired) electrons. The second-order valence-electron chi connectivity index (χ2n) is 10.3. The zero-order valence-corrected chi connectivity index (χ0v) is 24.4. The number of nitrogens with one attached hydrogen (secondary N) is 2. The topological polar surface area (TPSA) is 153 Å². The Hall–Kier alpha value is -4.71. The van der Waals surface area contributed by atoms with Crippen molar-refractivity contribution in [1.82, 2.24) is 34.9 Å². The Morgan fingerprint density at radius 3 is 2.50 bits per heavy atom. The van der Waals surface area contributed by atoms with E-state index in [1.807, 2.05) is 35.1 Å². The second kappa shape index (κ2) is 12.0. The summed E-state index contributed by atoms with van der Waals surface area (Å²) in [4.78, 5) is 30.8. The summed E-state index contributed by atoms with van der Waals surface area (Å²) in [6.07, 6.45) is 2.58. The summed E-state index contributed by atoms with van der Waals surface area (Å²) in [6, 6.07) is 19.6. The van der Waals surface area contributed by atoms with E-state index in [4.69, 9.17) is 4.98 Å². The molecule has 2 N–H and O–H groups in total. The highest BCUT2D eigenvalue weighted by atomic mass is 32.2. The fourth-order valence-electron chi connectivity index (χ4n) is 4.72. The van der Waals surface area contributed by atoms with Crippen LogP contribution in [-0.4, -0.2) is 44.5 Å². The van der Waals surface area contributed by atoms with Crippen molar-refractivity contribution in [1.29, 1.82) is 0 Å². The van der Waals surface area contributed by atoms with Crippen LogP contribution in [0.15, 0.2) is 76.4 Å². The van der Waals surface area contributed by atoms with Gasteiger partial charge in [0.15, 0.2) is 0 Å². The van der Waals surface area contributed by atoms with Gasteiger partial charge in [-0.25, -0.2) is 18.1 Å². The van der Waals surface area contributed by atoms with Gasteiger partial charge in [0.2, 0.25) is 0 Å². The highest BCUT2D eigenvalue weighted by Gasteiger charge is 2.24. The van der Waals surface area contributed by atoms with Gasteiger partial charge in [0.05, 0.1) is 22.3 Å². The highest BCUT2D eigenvalue weighted by Crippen LogP contribution is 2.28. The predicted molar refractivity (Wildman–Crippen MR) is 159 cm³/mol. The Balaban J connectivity index is 1.47. The summed E-state index contributed by atoms with van der Waals surface area (Å²) in [7, 11) is -4.25. The van der Waals surface area contributed by atoms with Gasteiger partial charge in [-0.2, -0.15) is 5.21 Å². The molecule has 216 valence electrons. The fourth-order valence-corrected chi connectivity index (χ4v) is 5.90. The van der Waals surface area contributed by atoms with Crippen molar-refractivity contribution in [2.45, 2.75) is 57.4 Å². The molecule has 0 unspecified atom stereocenters. The van der Waals surface area contributed by atoms with Crippen LogP contribution in [0.4, 0.5) is 0 Å². The maximum Gasteiger partial charge on any atom is 0.306 e. The molecule has 42 heavy (non-hydrogen) atoms. The standard InChI is InChI=1S/C30H31N7O4S/c1-4-5-10-27-31-25-16-15-22(19(2)3)17-24(25)30(39)37(27)18-20-11-13-21(14-12-20)23-8-6-7-9-26(23)42(40,41)34-29(38)28-32-35-36-33-28/h6-9,11-17,19H,4-5,10,18H2,1-3H3,(H,34,38)(H,32,33,35,36). The number of unbranched alkanes of at least 4 members (excludes halogenated alkanes) is 1. The number of carbonyl (C=O) groups excluding carboxylic acids is 1. The second-order valence-corrected chi connectivity index (χ2v) is 12.0. The smallest absolute Gasteiger partial charge is 0.292 e. The molecule has 5 rings (SSSR count). The maximum atomic E-state index is 13.7. The molecule has 3 aromatic carbocycles. The summed E-state index contributed by atoms with van der Waals surface area (Å²) in [5.74, 6) is -0.363. The number of nitrogens with zero attached hydrogens (tertiary/aromatic N) is 5. The fraction of sp³-hybridized carbons (Fsp3) is 0.267. The van der Waals surface area contributed by atoms with Gasteiger partial charge in [-0.1, -0.05) is 75.7 Å². The predicted octanol–water partition coefficient (Wildman–Crippen LogP) is 4.21. The third-order valence-electron chi connectivity index (χ3n) is 7.04. The van der Waals surface area contributed by atoms with E-state index in [0.717, 1.165) is 29.8 Å². The molecular formula is C30H31N7O4S. The number of H-pyrrole nitrogens is 1. The summed E-state index contributed by atoms with van der Waals surface area (Å²) >= 11 is 0. The van der Waals surface area contributed by atoms with Gasteiger partial charge in [0, 0.05) is 12.0 Å². The van der Waals surface area contributed by atoms with E-state index in [9.17, 15) is 18.0 Å². The third kappa shape index (κ3) is 5.98. The van der Waals surface area contributed by atoms with E-state index in [1.165, 1.54) is 6.07 Å². The molecule has 0 aliphatic rings. The first-order valence-corrected chi connectivity index (χ1v) is 15.2. The zero-order valence-electron chi connectivity index (χ0n) is 23.5. The van der Waals surface area contributed by atoms with Gasteiger partial charge >= 0.3 is 5.91 Å². The first-order chi connectivity index (χ1) is 20.2. The average Bonchev–Trinajstić information content (AvgIpc) is 3.53. The maximum absolute atomic E-state index is 13.7. The van der Waals surface area contributed by atoms with Crippen LogP contribution < -0.4 is 10.3 Å². The molecule has 0 fully saturated rings. The molecule has 0 bridgehead atoms. The SMILES string of the molecule is CCCCc1nc2ccc(C(C)C)cc2c(=O)n1Cc1ccc(-c2ccccc2S(=O)(=O)NC(=O)c2nn[nH]n2)cc1. The quantitative estimate of drug-likeness (QED) is 0.247. The minimum absolute atomic E-state index is 0.0765. The van der Waals surface area contributed by atoms with Crippen LogP contribution in [0.25, 0.3) is 22.0 Å². The molecule has 0 atom stereocenters. The van der Waals surface area contributed by atoms with Crippen molar-refractivity contribution in [3.63, 3.8) is 0 Å². The first-order valence-electron chi connectivity index (χ1n) is 13.7. The van der Waals surface area contributed by atoms with Crippen molar-refractivity contribution in [3.05, 3.63) is 99.9 Å². The summed E-state index contributed by atoms with van der Waals surface area (Å²) < 4.78 is 29.9. The lowest BCUT2D eigenvalue weighted by Gasteiger charge is -2.15. The Morgan fingerprint density at radius 1 is 1.05 bits per heavy atom. The van der Waals surface area contributed by atoms with E-state index in [-0.39, 0.29) is 16.4 Å². The largest absolute Gasteiger partial charge is 0.306 e. The van der Waals surface area contributed by atoms with E-state index in [0.29, 0.717) is 35.0 Å². The molecule has 12 heteroatoms. The summed E-state index contributed by atoms with van der Waals surface area (Å²) in [6.45, 7) is 6.62. The number of amides is 1. The van der Waals surface area contributed by atoms with Crippen molar-refractivity contribution in [2.75, 3.05) is 0 Å². The Labute approximate surface area is 243 Å². The van der Waals surface area contributed by atoms with E-state index >= 15 is 0 Å². The number of tetrazole rings is 1. The lowest BCUT2D eigenvalue weighted by molar-refractivity contribution is 0.0971. The van der Waals surface area contributed by atoms with Gasteiger partial charge in [0.25, 0.3) is 21.4 Å². The van der Waals surface area contributed by atoms with Crippen LogP contribution in [0.5, 0.6) is 0 Å². The van der Waals surface area contributed by atoms with Gasteiger partial charge in [0.1, 0.15) is 5.82 Å². The highest BCUT2D eigenvalue weighted by molar-refractivity contribution is 7.90.